The number of para-hydroxylation sites is 1. The van der Waals surface area contributed by atoms with Crippen LogP contribution >= 0.6 is 0 Å². The normalized spacial score (nSPS) is 18.6. The molecular weight excluding hydrogens is 446 g/mol. The molecule has 0 aromatic heterocycles. The van der Waals surface area contributed by atoms with Crippen molar-refractivity contribution in [1.29, 1.82) is 0 Å². The lowest BCUT2D eigenvalue weighted by atomic mass is 9.98. The summed E-state index contributed by atoms with van der Waals surface area (Å²) < 4.78 is 38.9. The van der Waals surface area contributed by atoms with Gasteiger partial charge in [-0.2, -0.15) is 4.31 Å². The number of hydrogen-bond acceptors (Lipinski definition) is 6. The van der Waals surface area contributed by atoms with E-state index in [2.05, 4.69) is 10.6 Å². The SMILES string of the molecule is COc1ccccc1CNC(=O)[C@@H]1CCCN(S(=O)(=O)c2cc3c(cc2C)NC(=O)CO3)C1. The van der Waals surface area contributed by atoms with E-state index in [1.807, 2.05) is 24.3 Å². The fraction of sp³-hybridized carbons (Fsp3) is 0.391. The second-order valence-corrected chi connectivity index (χ2v) is 10.1. The van der Waals surface area contributed by atoms with E-state index in [0.29, 0.717) is 48.7 Å². The van der Waals surface area contributed by atoms with Crippen LogP contribution in [-0.4, -0.2) is 51.3 Å². The molecule has 176 valence electrons. The molecule has 2 aromatic rings. The maximum Gasteiger partial charge on any atom is 0.262 e. The summed E-state index contributed by atoms with van der Waals surface area (Å²) in [6.07, 6.45) is 1.20. The number of amides is 2. The van der Waals surface area contributed by atoms with E-state index in [0.717, 1.165) is 5.56 Å². The van der Waals surface area contributed by atoms with E-state index in [1.165, 1.54) is 10.4 Å². The van der Waals surface area contributed by atoms with Gasteiger partial charge in [0.2, 0.25) is 15.9 Å². The van der Waals surface area contributed by atoms with Crippen molar-refractivity contribution < 1.29 is 27.5 Å². The second kappa shape index (κ2) is 9.40. The van der Waals surface area contributed by atoms with Gasteiger partial charge in [0.1, 0.15) is 11.5 Å². The van der Waals surface area contributed by atoms with Crippen molar-refractivity contribution in [2.45, 2.75) is 31.2 Å². The molecule has 1 saturated heterocycles. The Labute approximate surface area is 193 Å². The number of fused-ring (bicyclic) bond motifs is 1. The van der Waals surface area contributed by atoms with Crippen LogP contribution in [0.15, 0.2) is 41.3 Å². The van der Waals surface area contributed by atoms with Crippen LogP contribution in [0, 0.1) is 12.8 Å². The van der Waals surface area contributed by atoms with Crippen molar-refractivity contribution in [3.63, 3.8) is 0 Å². The van der Waals surface area contributed by atoms with Crippen molar-refractivity contribution in [1.82, 2.24) is 9.62 Å². The summed E-state index contributed by atoms with van der Waals surface area (Å²) >= 11 is 0. The van der Waals surface area contributed by atoms with Crippen molar-refractivity contribution in [3.8, 4) is 11.5 Å². The number of rotatable bonds is 6. The third-order valence-corrected chi connectivity index (χ3v) is 7.94. The van der Waals surface area contributed by atoms with Gasteiger partial charge in [-0.15, -0.1) is 0 Å². The quantitative estimate of drug-likeness (QED) is 0.664. The molecule has 0 bridgehead atoms. The number of methoxy groups -OCH3 is 1. The van der Waals surface area contributed by atoms with E-state index in [9.17, 15) is 18.0 Å². The molecule has 0 spiro atoms. The highest BCUT2D eigenvalue weighted by Gasteiger charge is 2.35. The predicted octanol–water partition coefficient (Wildman–Crippen LogP) is 2.05. The molecule has 9 nitrogen and oxygen atoms in total. The van der Waals surface area contributed by atoms with E-state index >= 15 is 0 Å². The topological polar surface area (TPSA) is 114 Å². The maximum absolute atomic E-state index is 13.4. The summed E-state index contributed by atoms with van der Waals surface area (Å²) in [6.45, 7) is 2.27. The van der Waals surface area contributed by atoms with E-state index in [4.69, 9.17) is 9.47 Å². The molecule has 2 N–H and O–H groups in total. The van der Waals surface area contributed by atoms with Crippen molar-refractivity contribution in [2.24, 2.45) is 5.92 Å². The molecule has 2 heterocycles. The van der Waals surface area contributed by atoms with Crippen molar-refractivity contribution in [2.75, 3.05) is 32.1 Å². The lowest BCUT2D eigenvalue weighted by molar-refractivity contribution is -0.126. The average molecular weight is 474 g/mol. The minimum atomic E-state index is -3.84. The van der Waals surface area contributed by atoms with Gasteiger partial charge in [0.05, 0.1) is 23.6 Å². The summed E-state index contributed by atoms with van der Waals surface area (Å²) in [5.74, 6) is 0.0926. The maximum atomic E-state index is 13.4. The summed E-state index contributed by atoms with van der Waals surface area (Å²) in [7, 11) is -2.27. The Morgan fingerprint density at radius 2 is 2.09 bits per heavy atom. The van der Waals surface area contributed by atoms with Gasteiger partial charge in [0.15, 0.2) is 6.61 Å². The first-order valence-electron chi connectivity index (χ1n) is 10.8. The monoisotopic (exact) mass is 473 g/mol. The number of benzene rings is 2. The molecule has 2 aliphatic rings. The zero-order valence-corrected chi connectivity index (χ0v) is 19.4. The number of anilines is 1. The highest BCUT2D eigenvalue weighted by atomic mass is 32.2. The van der Waals surface area contributed by atoms with E-state index < -0.39 is 15.9 Å². The van der Waals surface area contributed by atoms with Crippen LogP contribution in [0.3, 0.4) is 0 Å². The third-order valence-electron chi connectivity index (χ3n) is 5.93. The number of piperidine rings is 1. The Balaban J connectivity index is 1.47. The molecule has 0 aliphatic carbocycles. The van der Waals surface area contributed by atoms with Crippen LogP contribution in [0.5, 0.6) is 11.5 Å². The summed E-state index contributed by atoms with van der Waals surface area (Å²) in [6, 6.07) is 10.5. The predicted molar refractivity (Wildman–Crippen MR) is 122 cm³/mol. The average Bonchev–Trinajstić information content (AvgIpc) is 2.82. The third kappa shape index (κ3) is 4.81. The number of nitrogens with zero attached hydrogens (tertiary/aromatic N) is 1. The summed E-state index contributed by atoms with van der Waals surface area (Å²) in [5.41, 5.74) is 1.81. The highest BCUT2D eigenvalue weighted by Crippen LogP contribution is 2.35. The number of ether oxygens (including phenoxy) is 2. The molecule has 0 unspecified atom stereocenters. The Bertz CT molecular complexity index is 1180. The number of nitrogens with one attached hydrogen (secondary N) is 2. The fourth-order valence-corrected chi connectivity index (χ4v) is 5.93. The van der Waals surface area contributed by atoms with Gasteiger partial charge in [-0.25, -0.2) is 8.42 Å². The van der Waals surface area contributed by atoms with Gasteiger partial charge in [0, 0.05) is 31.3 Å². The largest absolute Gasteiger partial charge is 0.496 e. The number of carbonyl (C=O) groups excluding carboxylic acids is 2. The highest BCUT2D eigenvalue weighted by molar-refractivity contribution is 7.89. The molecule has 1 atom stereocenters. The van der Waals surface area contributed by atoms with Gasteiger partial charge in [0.25, 0.3) is 5.91 Å². The zero-order valence-electron chi connectivity index (χ0n) is 18.6. The summed E-state index contributed by atoms with van der Waals surface area (Å²) in [4.78, 5) is 24.5. The van der Waals surface area contributed by atoms with Gasteiger partial charge in [-0.1, -0.05) is 18.2 Å². The van der Waals surface area contributed by atoms with Crippen LogP contribution < -0.4 is 20.1 Å². The van der Waals surface area contributed by atoms with E-state index in [1.54, 1.807) is 20.1 Å². The minimum absolute atomic E-state index is 0.105. The molecule has 4 rings (SSSR count). The van der Waals surface area contributed by atoms with Crippen LogP contribution in [0.4, 0.5) is 5.69 Å². The van der Waals surface area contributed by atoms with Crippen LogP contribution in [0.25, 0.3) is 0 Å². The van der Waals surface area contributed by atoms with Gasteiger partial charge in [-0.05, 0) is 37.5 Å². The van der Waals surface area contributed by atoms with Crippen molar-refractivity contribution >= 4 is 27.5 Å². The molecule has 2 amide bonds. The molecule has 10 heteroatoms. The summed E-state index contributed by atoms with van der Waals surface area (Å²) in [5, 5.41) is 5.59. The van der Waals surface area contributed by atoms with Gasteiger partial charge in [-0.3, -0.25) is 9.59 Å². The van der Waals surface area contributed by atoms with Gasteiger partial charge >= 0.3 is 0 Å². The minimum Gasteiger partial charge on any atom is -0.496 e. The smallest absolute Gasteiger partial charge is 0.262 e. The fourth-order valence-electron chi connectivity index (χ4n) is 4.18. The Kier molecular flexibility index (Phi) is 6.57. The Hall–Kier alpha value is -3.11. The second-order valence-electron chi connectivity index (χ2n) is 8.18. The lowest BCUT2D eigenvalue weighted by Gasteiger charge is -2.32. The molecule has 1 fully saturated rings. The zero-order chi connectivity index (χ0) is 23.6. The first kappa shape index (κ1) is 23.1. The Morgan fingerprint density at radius 1 is 1.30 bits per heavy atom. The number of aryl methyl sites for hydroxylation is 1. The standard InChI is InChI=1S/C23H27N3O6S/c1-15-10-18-20(32-14-22(27)25-18)11-21(15)33(29,30)26-9-5-7-17(13-26)23(28)24-12-16-6-3-4-8-19(16)31-2/h3-4,6,8,10-11,17H,5,7,9,12-14H2,1-2H3,(H,24,28)(H,25,27)/t17-/m1/s1. The van der Waals surface area contributed by atoms with Gasteiger partial charge < -0.3 is 20.1 Å². The first-order valence-corrected chi connectivity index (χ1v) is 12.2. The number of carbonyl (C=O) groups is 2. The van der Waals surface area contributed by atoms with Crippen LogP contribution in [0.2, 0.25) is 0 Å². The molecule has 33 heavy (non-hydrogen) atoms. The number of sulfonamides is 1. The molecule has 2 aliphatic heterocycles. The Morgan fingerprint density at radius 3 is 2.88 bits per heavy atom. The van der Waals surface area contributed by atoms with Crippen molar-refractivity contribution in [3.05, 3.63) is 47.5 Å². The van der Waals surface area contributed by atoms with Crippen LogP contribution in [-0.2, 0) is 26.2 Å². The number of hydrogen-bond donors (Lipinski definition) is 2. The van der Waals surface area contributed by atoms with E-state index in [-0.39, 0.29) is 29.9 Å². The molecule has 2 aromatic carbocycles. The molecule has 0 radical (unpaired) electrons. The lowest BCUT2D eigenvalue weighted by Crippen LogP contribution is -2.45. The first-order chi connectivity index (χ1) is 15.8. The molecular formula is C23H27N3O6S. The molecule has 0 saturated carbocycles. The van der Waals surface area contributed by atoms with Crippen LogP contribution in [0.1, 0.15) is 24.0 Å².